The van der Waals surface area contributed by atoms with E-state index in [-0.39, 0.29) is 0 Å². The Balaban J connectivity index is 2.09. The molecular formula is C15H11F4N. The van der Waals surface area contributed by atoms with E-state index in [1.807, 2.05) is 12.1 Å². The zero-order chi connectivity index (χ0) is 14.3. The summed E-state index contributed by atoms with van der Waals surface area (Å²) >= 11 is 0. The molecule has 0 radical (unpaired) electrons. The van der Waals surface area contributed by atoms with Crippen molar-refractivity contribution in [3.63, 3.8) is 0 Å². The molecule has 2 aromatic carbocycles. The second kappa shape index (κ2) is 4.51. The van der Waals surface area contributed by atoms with Gasteiger partial charge >= 0.3 is 6.18 Å². The highest BCUT2D eigenvalue weighted by molar-refractivity contribution is 5.76. The van der Waals surface area contributed by atoms with Gasteiger partial charge in [-0.25, -0.2) is 4.39 Å². The van der Waals surface area contributed by atoms with Gasteiger partial charge in [0.05, 0.1) is 5.56 Å². The van der Waals surface area contributed by atoms with Crippen LogP contribution in [-0.2, 0) is 12.6 Å². The highest BCUT2D eigenvalue weighted by atomic mass is 19.4. The van der Waals surface area contributed by atoms with Gasteiger partial charge in [0.1, 0.15) is 5.82 Å². The summed E-state index contributed by atoms with van der Waals surface area (Å²) in [5.74, 6) is -1.24. The van der Waals surface area contributed by atoms with Crippen molar-refractivity contribution in [3.8, 4) is 11.1 Å². The first-order valence-electron chi connectivity index (χ1n) is 6.20. The van der Waals surface area contributed by atoms with Crippen LogP contribution in [0.15, 0.2) is 36.4 Å². The molecule has 1 N–H and O–H groups in total. The molecule has 1 aliphatic heterocycles. The van der Waals surface area contributed by atoms with E-state index in [0.29, 0.717) is 5.56 Å². The largest absolute Gasteiger partial charge is 0.419 e. The van der Waals surface area contributed by atoms with Gasteiger partial charge in [-0.1, -0.05) is 18.2 Å². The van der Waals surface area contributed by atoms with Crippen LogP contribution in [-0.4, -0.2) is 6.54 Å². The normalized spacial score (nSPS) is 14.0. The number of fused-ring (bicyclic) bond motifs is 1. The zero-order valence-electron chi connectivity index (χ0n) is 10.4. The van der Waals surface area contributed by atoms with Crippen LogP contribution in [0.1, 0.15) is 11.1 Å². The summed E-state index contributed by atoms with van der Waals surface area (Å²) < 4.78 is 51.3. The standard InChI is InChI=1S/C15H11F4N/c16-13-8-9(4-5-12(13)15(17,18)19)10-2-1-3-14-11(10)6-7-20-14/h1-5,8,20H,6-7H2. The summed E-state index contributed by atoms with van der Waals surface area (Å²) in [5.41, 5.74) is 2.00. The Bertz CT molecular complexity index is 661. The molecule has 0 amide bonds. The van der Waals surface area contributed by atoms with Crippen molar-refractivity contribution in [2.24, 2.45) is 0 Å². The fraction of sp³-hybridized carbons (Fsp3) is 0.200. The molecule has 0 saturated heterocycles. The number of benzene rings is 2. The molecule has 0 saturated carbocycles. The van der Waals surface area contributed by atoms with Crippen LogP contribution in [0.2, 0.25) is 0 Å². The Morgan fingerprint density at radius 3 is 2.55 bits per heavy atom. The summed E-state index contributed by atoms with van der Waals surface area (Å²) in [7, 11) is 0. The molecule has 0 aromatic heterocycles. The fourth-order valence-corrected chi connectivity index (χ4v) is 2.53. The Morgan fingerprint density at radius 1 is 1.05 bits per heavy atom. The SMILES string of the molecule is Fc1cc(-c2cccc3c2CCN3)ccc1C(F)(F)F. The maximum atomic E-state index is 13.6. The third-order valence-electron chi connectivity index (χ3n) is 3.45. The molecule has 1 nitrogen and oxygen atoms in total. The van der Waals surface area contributed by atoms with E-state index in [1.165, 1.54) is 6.07 Å². The lowest BCUT2D eigenvalue weighted by atomic mass is 9.97. The van der Waals surface area contributed by atoms with Gasteiger partial charge in [-0.2, -0.15) is 13.2 Å². The minimum Gasteiger partial charge on any atom is -0.384 e. The van der Waals surface area contributed by atoms with Crippen LogP contribution in [0.25, 0.3) is 11.1 Å². The van der Waals surface area contributed by atoms with Gasteiger partial charge in [-0.15, -0.1) is 0 Å². The molecule has 1 heterocycles. The number of rotatable bonds is 1. The van der Waals surface area contributed by atoms with Gasteiger partial charge in [0.2, 0.25) is 0 Å². The van der Waals surface area contributed by atoms with Crippen molar-refractivity contribution in [2.45, 2.75) is 12.6 Å². The molecule has 0 atom stereocenters. The average Bonchev–Trinajstić information content (AvgIpc) is 2.85. The molecule has 1 aliphatic rings. The Labute approximate surface area is 113 Å². The van der Waals surface area contributed by atoms with Crippen molar-refractivity contribution < 1.29 is 17.6 Å². The van der Waals surface area contributed by atoms with Crippen molar-refractivity contribution in [3.05, 3.63) is 53.3 Å². The second-order valence-electron chi connectivity index (χ2n) is 4.70. The van der Waals surface area contributed by atoms with Gasteiger partial charge in [-0.05, 0) is 41.3 Å². The molecule has 3 rings (SSSR count). The molecule has 0 spiro atoms. The number of halogens is 4. The summed E-state index contributed by atoms with van der Waals surface area (Å²) in [6, 6.07) is 8.59. The Hall–Kier alpha value is -2.04. The maximum Gasteiger partial charge on any atom is 0.419 e. The van der Waals surface area contributed by atoms with Crippen LogP contribution in [0, 0.1) is 5.82 Å². The molecule has 2 aromatic rings. The lowest BCUT2D eigenvalue weighted by molar-refractivity contribution is -0.139. The van der Waals surface area contributed by atoms with Crippen molar-refractivity contribution in [1.82, 2.24) is 0 Å². The van der Waals surface area contributed by atoms with Crippen LogP contribution in [0.4, 0.5) is 23.2 Å². The number of alkyl halides is 3. The van der Waals surface area contributed by atoms with E-state index in [4.69, 9.17) is 0 Å². The molecule has 0 unspecified atom stereocenters. The average molecular weight is 281 g/mol. The molecule has 0 bridgehead atoms. The summed E-state index contributed by atoms with van der Waals surface area (Å²) in [5, 5.41) is 3.19. The van der Waals surface area contributed by atoms with E-state index in [2.05, 4.69) is 5.32 Å². The molecule has 5 heteroatoms. The third-order valence-corrected chi connectivity index (χ3v) is 3.45. The highest BCUT2D eigenvalue weighted by Crippen LogP contribution is 2.36. The van der Waals surface area contributed by atoms with E-state index >= 15 is 0 Å². The maximum absolute atomic E-state index is 13.6. The van der Waals surface area contributed by atoms with E-state index in [0.717, 1.165) is 41.9 Å². The van der Waals surface area contributed by atoms with Gasteiger partial charge in [-0.3, -0.25) is 0 Å². The molecule has 104 valence electrons. The fourth-order valence-electron chi connectivity index (χ4n) is 2.53. The monoisotopic (exact) mass is 281 g/mol. The molecule has 0 aliphatic carbocycles. The number of nitrogens with one attached hydrogen (secondary N) is 1. The summed E-state index contributed by atoms with van der Waals surface area (Å²) in [6.07, 6.45) is -3.88. The van der Waals surface area contributed by atoms with Crippen LogP contribution >= 0.6 is 0 Å². The van der Waals surface area contributed by atoms with Crippen LogP contribution < -0.4 is 5.32 Å². The van der Waals surface area contributed by atoms with Crippen molar-refractivity contribution in [1.29, 1.82) is 0 Å². The first kappa shape index (κ1) is 13.0. The second-order valence-corrected chi connectivity index (χ2v) is 4.70. The Morgan fingerprint density at radius 2 is 1.85 bits per heavy atom. The number of anilines is 1. The molecular weight excluding hydrogens is 270 g/mol. The van der Waals surface area contributed by atoms with Gasteiger partial charge in [0.15, 0.2) is 0 Å². The predicted octanol–water partition coefficient (Wildman–Crippen LogP) is 4.48. The molecule has 0 fully saturated rings. The van der Waals surface area contributed by atoms with Crippen LogP contribution in [0.5, 0.6) is 0 Å². The van der Waals surface area contributed by atoms with E-state index in [9.17, 15) is 17.6 Å². The van der Waals surface area contributed by atoms with E-state index in [1.54, 1.807) is 6.07 Å². The van der Waals surface area contributed by atoms with Gasteiger partial charge in [0.25, 0.3) is 0 Å². The van der Waals surface area contributed by atoms with Crippen molar-refractivity contribution in [2.75, 3.05) is 11.9 Å². The number of hydrogen-bond donors (Lipinski definition) is 1. The highest BCUT2D eigenvalue weighted by Gasteiger charge is 2.34. The minimum atomic E-state index is -4.66. The van der Waals surface area contributed by atoms with E-state index < -0.39 is 17.6 Å². The lowest BCUT2D eigenvalue weighted by Gasteiger charge is -2.11. The third kappa shape index (κ3) is 2.13. The topological polar surface area (TPSA) is 12.0 Å². The quantitative estimate of drug-likeness (QED) is 0.760. The molecule has 20 heavy (non-hydrogen) atoms. The number of hydrogen-bond acceptors (Lipinski definition) is 1. The zero-order valence-corrected chi connectivity index (χ0v) is 10.4. The van der Waals surface area contributed by atoms with Crippen molar-refractivity contribution >= 4 is 5.69 Å². The summed E-state index contributed by atoms with van der Waals surface area (Å²) in [6.45, 7) is 0.787. The Kier molecular flexibility index (Phi) is 2.92. The predicted molar refractivity (Wildman–Crippen MR) is 69.0 cm³/mol. The minimum absolute atomic E-state index is 0.469. The van der Waals surface area contributed by atoms with Gasteiger partial charge < -0.3 is 5.32 Å². The van der Waals surface area contributed by atoms with Gasteiger partial charge in [0, 0.05) is 12.2 Å². The van der Waals surface area contributed by atoms with Crippen LogP contribution in [0.3, 0.4) is 0 Å². The first-order chi connectivity index (χ1) is 9.47. The summed E-state index contributed by atoms with van der Waals surface area (Å²) in [4.78, 5) is 0. The lowest BCUT2D eigenvalue weighted by Crippen LogP contribution is -2.07. The smallest absolute Gasteiger partial charge is 0.384 e. The first-order valence-corrected chi connectivity index (χ1v) is 6.20.